The number of carbonyl (C=O) groups is 1. The molecular formula is C24H26N6O. The van der Waals surface area contributed by atoms with Crippen molar-refractivity contribution >= 4 is 11.7 Å². The number of nitrogens with zero attached hydrogens (tertiary/aromatic N) is 5. The molecule has 3 aliphatic rings. The SMILES string of the molecule is CN(CC1CN2C(NC(=O)c3ccncc3)=CC=CC2=N1)C1CCCc2cccnc21. The van der Waals surface area contributed by atoms with Gasteiger partial charge in [-0.25, -0.2) is 0 Å². The number of amidine groups is 1. The molecule has 0 saturated carbocycles. The van der Waals surface area contributed by atoms with Crippen LogP contribution in [0.1, 0.15) is 40.5 Å². The molecule has 4 heterocycles. The summed E-state index contributed by atoms with van der Waals surface area (Å²) in [6, 6.07) is 8.12. The number of allylic oxidation sites excluding steroid dienone is 2. The molecule has 2 aromatic heterocycles. The monoisotopic (exact) mass is 414 g/mol. The fourth-order valence-electron chi connectivity index (χ4n) is 4.65. The van der Waals surface area contributed by atoms with Crippen LogP contribution >= 0.6 is 0 Å². The first-order valence-electron chi connectivity index (χ1n) is 10.8. The number of amides is 1. The fraction of sp³-hybridized carbons (Fsp3) is 0.333. The van der Waals surface area contributed by atoms with Gasteiger partial charge in [-0.3, -0.25) is 24.7 Å². The Morgan fingerprint density at radius 1 is 1.26 bits per heavy atom. The Morgan fingerprint density at radius 2 is 2.13 bits per heavy atom. The van der Waals surface area contributed by atoms with Gasteiger partial charge in [-0.2, -0.15) is 0 Å². The number of fused-ring (bicyclic) bond motifs is 2. The molecule has 1 N–H and O–H groups in total. The van der Waals surface area contributed by atoms with Gasteiger partial charge in [0.05, 0.1) is 17.8 Å². The maximum absolute atomic E-state index is 12.6. The number of nitrogens with one attached hydrogen (secondary N) is 1. The molecule has 1 amide bonds. The van der Waals surface area contributed by atoms with E-state index in [4.69, 9.17) is 4.99 Å². The molecule has 5 rings (SSSR count). The zero-order valence-corrected chi connectivity index (χ0v) is 17.6. The Kier molecular flexibility index (Phi) is 5.34. The lowest BCUT2D eigenvalue weighted by Gasteiger charge is -2.33. The van der Waals surface area contributed by atoms with Crippen LogP contribution in [0.25, 0.3) is 0 Å². The molecule has 31 heavy (non-hydrogen) atoms. The molecule has 0 spiro atoms. The van der Waals surface area contributed by atoms with Crippen molar-refractivity contribution in [2.45, 2.75) is 31.3 Å². The highest BCUT2D eigenvalue weighted by atomic mass is 16.1. The Balaban J connectivity index is 1.25. The van der Waals surface area contributed by atoms with Gasteiger partial charge in [0, 0.05) is 37.2 Å². The van der Waals surface area contributed by atoms with E-state index < -0.39 is 0 Å². The van der Waals surface area contributed by atoms with Crippen molar-refractivity contribution in [2.75, 3.05) is 20.1 Å². The van der Waals surface area contributed by atoms with Gasteiger partial charge in [0.1, 0.15) is 11.7 Å². The molecule has 7 nitrogen and oxygen atoms in total. The zero-order chi connectivity index (χ0) is 21.2. The quantitative estimate of drug-likeness (QED) is 0.814. The van der Waals surface area contributed by atoms with Gasteiger partial charge in [-0.1, -0.05) is 12.1 Å². The number of hydrogen-bond acceptors (Lipinski definition) is 6. The summed E-state index contributed by atoms with van der Waals surface area (Å²) in [5.74, 6) is 1.51. The third kappa shape index (κ3) is 4.01. The van der Waals surface area contributed by atoms with Crippen LogP contribution in [0.15, 0.2) is 71.9 Å². The van der Waals surface area contributed by atoms with Crippen molar-refractivity contribution in [2.24, 2.45) is 4.99 Å². The maximum Gasteiger partial charge on any atom is 0.256 e. The minimum Gasteiger partial charge on any atom is -0.311 e. The fourth-order valence-corrected chi connectivity index (χ4v) is 4.65. The standard InChI is InChI=1S/C24H26N6O/c1-29(20-7-2-5-17-6-4-12-26-23(17)20)15-19-16-30-21(27-19)8-3-9-22(30)28-24(31)18-10-13-25-14-11-18/h3-4,6,8-14,19-20H,2,5,7,15-16H2,1H3,(H,28,31). The molecule has 0 aromatic carbocycles. The van der Waals surface area contributed by atoms with Crippen LogP contribution in [0.5, 0.6) is 0 Å². The first-order chi connectivity index (χ1) is 15.2. The highest BCUT2D eigenvalue weighted by molar-refractivity contribution is 5.99. The summed E-state index contributed by atoms with van der Waals surface area (Å²) in [6.45, 7) is 1.59. The molecule has 2 atom stereocenters. The van der Waals surface area contributed by atoms with Crippen molar-refractivity contribution in [1.82, 2.24) is 25.1 Å². The van der Waals surface area contributed by atoms with Gasteiger partial charge in [0.2, 0.25) is 0 Å². The van der Waals surface area contributed by atoms with Crippen LogP contribution in [-0.4, -0.2) is 57.7 Å². The number of aromatic nitrogens is 2. The summed E-state index contributed by atoms with van der Waals surface area (Å²) in [6.07, 6.45) is 14.4. The van der Waals surface area contributed by atoms with E-state index in [0.29, 0.717) is 11.6 Å². The van der Waals surface area contributed by atoms with Crippen LogP contribution in [0, 0.1) is 0 Å². The summed E-state index contributed by atoms with van der Waals surface area (Å²) in [4.78, 5) is 30.7. The molecule has 0 saturated heterocycles. The Labute approximate surface area is 182 Å². The Morgan fingerprint density at radius 3 is 3.00 bits per heavy atom. The molecule has 158 valence electrons. The van der Waals surface area contributed by atoms with Crippen LogP contribution in [0.3, 0.4) is 0 Å². The van der Waals surface area contributed by atoms with Crippen molar-refractivity contribution in [3.63, 3.8) is 0 Å². The topological polar surface area (TPSA) is 73.7 Å². The van der Waals surface area contributed by atoms with E-state index in [2.05, 4.69) is 38.2 Å². The smallest absolute Gasteiger partial charge is 0.256 e. The number of aryl methyl sites for hydroxylation is 1. The van der Waals surface area contributed by atoms with Crippen molar-refractivity contribution in [3.05, 3.63) is 83.7 Å². The van der Waals surface area contributed by atoms with Crippen LogP contribution < -0.4 is 5.32 Å². The predicted octanol–water partition coefficient (Wildman–Crippen LogP) is 2.71. The van der Waals surface area contributed by atoms with Crippen molar-refractivity contribution in [3.8, 4) is 0 Å². The molecule has 7 heteroatoms. The lowest BCUT2D eigenvalue weighted by atomic mass is 9.91. The van der Waals surface area contributed by atoms with Gasteiger partial charge in [-0.05, 0) is 62.2 Å². The number of carbonyl (C=O) groups excluding carboxylic acids is 1. The number of likely N-dealkylation sites (N-methyl/N-ethyl adjacent to an activating group) is 1. The number of hydrogen-bond donors (Lipinski definition) is 1. The lowest BCUT2D eigenvalue weighted by Crippen LogP contribution is -2.40. The van der Waals surface area contributed by atoms with Gasteiger partial charge >= 0.3 is 0 Å². The third-order valence-electron chi connectivity index (χ3n) is 6.16. The molecule has 0 fully saturated rings. The molecule has 1 aliphatic carbocycles. The largest absolute Gasteiger partial charge is 0.311 e. The molecule has 0 bridgehead atoms. The average Bonchev–Trinajstić information content (AvgIpc) is 3.22. The van der Waals surface area contributed by atoms with E-state index in [0.717, 1.165) is 37.6 Å². The first kappa shape index (κ1) is 19.6. The molecule has 2 aliphatic heterocycles. The first-order valence-corrected chi connectivity index (χ1v) is 10.8. The minimum atomic E-state index is -0.145. The minimum absolute atomic E-state index is 0.137. The number of aliphatic imine (C=N–C) groups is 1. The maximum atomic E-state index is 12.6. The van der Waals surface area contributed by atoms with Gasteiger partial charge in [0.15, 0.2) is 0 Å². The van der Waals surface area contributed by atoms with Crippen molar-refractivity contribution < 1.29 is 4.79 Å². The Bertz CT molecular complexity index is 1060. The second-order valence-corrected chi connectivity index (χ2v) is 8.25. The second-order valence-electron chi connectivity index (χ2n) is 8.25. The van der Waals surface area contributed by atoms with Crippen molar-refractivity contribution in [1.29, 1.82) is 0 Å². The predicted molar refractivity (Wildman–Crippen MR) is 119 cm³/mol. The van der Waals surface area contributed by atoms with Crippen LogP contribution in [0.2, 0.25) is 0 Å². The third-order valence-corrected chi connectivity index (χ3v) is 6.16. The summed E-state index contributed by atoms with van der Waals surface area (Å²) >= 11 is 0. The summed E-state index contributed by atoms with van der Waals surface area (Å²) in [5, 5.41) is 3.02. The van der Waals surface area contributed by atoms with E-state index in [9.17, 15) is 4.79 Å². The van der Waals surface area contributed by atoms with E-state index in [1.807, 2.05) is 30.5 Å². The summed E-state index contributed by atoms with van der Waals surface area (Å²) in [7, 11) is 2.17. The highest BCUT2D eigenvalue weighted by Gasteiger charge is 2.32. The van der Waals surface area contributed by atoms with E-state index in [-0.39, 0.29) is 11.9 Å². The average molecular weight is 415 g/mol. The summed E-state index contributed by atoms with van der Waals surface area (Å²) in [5.41, 5.74) is 3.17. The second kappa shape index (κ2) is 8.43. The van der Waals surface area contributed by atoms with E-state index in [1.165, 1.54) is 17.7 Å². The van der Waals surface area contributed by atoms with E-state index in [1.54, 1.807) is 24.5 Å². The highest BCUT2D eigenvalue weighted by Crippen LogP contribution is 2.32. The number of pyridine rings is 2. The van der Waals surface area contributed by atoms with E-state index >= 15 is 0 Å². The normalized spacial score (nSPS) is 21.9. The van der Waals surface area contributed by atoms with Crippen LogP contribution in [-0.2, 0) is 6.42 Å². The molecule has 2 unspecified atom stereocenters. The number of rotatable bonds is 5. The molecule has 2 aromatic rings. The lowest BCUT2D eigenvalue weighted by molar-refractivity contribution is 0.0957. The molecular weight excluding hydrogens is 388 g/mol. The Hall–Kier alpha value is -3.32. The van der Waals surface area contributed by atoms with Gasteiger partial charge in [-0.15, -0.1) is 0 Å². The van der Waals surface area contributed by atoms with Crippen LogP contribution in [0.4, 0.5) is 0 Å². The zero-order valence-electron chi connectivity index (χ0n) is 17.6. The summed E-state index contributed by atoms with van der Waals surface area (Å²) < 4.78 is 0. The molecule has 0 radical (unpaired) electrons. The van der Waals surface area contributed by atoms with Gasteiger partial charge < -0.3 is 10.2 Å². The van der Waals surface area contributed by atoms with Gasteiger partial charge in [0.25, 0.3) is 5.91 Å².